The first kappa shape index (κ1) is 35.1. The van der Waals surface area contributed by atoms with Gasteiger partial charge in [-0.3, -0.25) is 4.79 Å². The number of rotatable bonds is 13. The van der Waals surface area contributed by atoms with Crippen molar-refractivity contribution in [2.75, 3.05) is 12.4 Å². The lowest BCUT2D eigenvalue weighted by Gasteiger charge is -2.38. The number of nitriles is 1. The summed E-state index contributed by atoms with van der Waals surface area (Å²) in [5.74, 6) is -0.698. The minimum atomic E-state index is -4.54. The second kappa shape index (κ2) is 15.7. The number of nitrogens with two attached hydrogens (primary N) is 1. The fraction of sp³-hybridized carbons (Fsp3) is 0.324. The molecule has 0 spiro atoms. The van der Waals surface area contributed by atoms with Gasteiger partial charge in [0.05, 0.1) is 54.6 Å². The number of alkyl halides is 3. The summed E-state index contributed by atoms with van der Waals surface area (Å²) in [5.41, 5.74) is 9.09. The third-order valence-corrected chi connectivity index (χ3v) is 8.35. The molecule has 0 aliphatic carbocycles. The van der Waals surface area contributed by atoms with E-state index in [9.17, 15) is 18.0 Å². The van der Waals surface area contributed by atoms with Gasteiger partial charge < -0.3 is 25.3 Å². The second-order valence-electron chi connectivity index (χ2n) is 11.2. The molecule has 47 heavy (non-hydrogen) atoms. The van der Waals surface area contributed by atoms with E-state index in [1.54, 1.807) is 47.8 Å². The maximum Gasteiger partial charge on any atom is 0.416 e. The van der Waals surface area contributed by atoms with Gasteiger partial charge in [-0.15, -0.1) is 0 Å². The number of halogens is 3. The average molecular weight is 664 g/mol. The van der Waals surface area contributed by atoms with Crippen LogP contribution in [-0.2, 0) is 30.5 Å². The van der Waals surface area contributed by atoms with Crippen molar-refractivity contribution in [1.82, 2.24) is 19.4 Å². The Labute approximate surface area is 277 Å². The monoisotopic (exact) mass is 663 g/mol. The molecular weight excluding hydrogens is 627 g/mol. The van der Waals surface area contributed by atoms with E-state index in [2.05, 4.69) is 21.4 Å². The molecule has 0 radical (unpaired) electrons. The number of methoxy groups -OCH3 is 1. The molecule has 3 N–H and O–H groups in total. The Morgan fingerprint density at radius 3 is 2.51 bits per heavy atom. The molecule has 0 aliphatic rings. The van der Waals surface area contributed by atoms with Gasteiger partial charge >= 0.3 is 6.18 Å². The highest BCUT2D eigenvalue weighted by Crippen LogP contribution is 2.31. The number of pyridine rings is 1. The predicted octanol–water partition coefficient (Wildman–Crippen LogP) is 6.18. The van der Waals surface area contributed by atoms with Gasteiger partial charge in [-0.1, -0.05) is 44.5 Å². The number of hydrogen-bond donors (Lipinski definition) is 2. The van der Waals surface area contributed by atoms with Crippen LogP contribution in [0, 0.1) is 23.2 Å². The standard InChI is InChI=1S/C34H36F3N7O2S/c1-4-22(2)31(29(45)15-28-18-40-21-43(28)19-24-10-8-23(16-38)9-11-24)32(39)44(20-25-6-5-7-26(14-25)34(35,36)37)33(47)42-27-12-13-30(46-3)41-17-27/h5-14,17-18,21-22,31-32H,4,15,19-20,39H2,1-3H3,(H,42,47)/t22-,31+,32?/m0/s1. The van der Waals surface area contributed by atoms with Crippen molar-refractivity contribution < 1.29 is 22.7 Å². The molecule has 0 amide bonds. The summed E-state index contributed by atoms with van der Waals surface area (Å²) in [6.45, 7) is 4.23. The molecule has 2 aromatic carbocycles. The van der Waals surface area contributed by atoms with Crippen molar-refractivity contribution in [2.24, 2.45) is 17.6 Å². The van der Waals surface area contributed by atoms with Crippen LogP contribution < -0.4 is 15.8 Å². The molecule has 4 rings (SSSR count). The molecule has 4 aromatic rings. The first-order valence-corrected chi connectivity index (χ1v) is 15.3. The molecule has 0 saturated carbocycles. The second-order valence-corrected chi connectivity index (χ2v) is 11.6. The van der Waals surface area contributed by atoms with Crippen molar-refractivity contribution in [3.8, 4) is 11.9 Å². The first-order chi connectivity index (χ1) is 22.4. The normalized spacial score (nSPS) is 13.2. The van der Waals surface area contributed by atoms with Gasteiger partial charge in [0.1, 0.15) is 5.78 Å². The number of aromatic nitrogens is 3. The quantitative estimate of drug-likeness (QED) is 0.128. The van der Waals surface area contributed by atoms with Crippen LogP contribution in [-0.4, -0.2) is 43.6 Å². The largest absolute Gasteiger partial charge is 0.481 e. The van der Waals surface area contributed by atoms with Gasteiger partial charge in [0, 0.05) is 37.5 Å². The number of carbonyl (C=O) groups excluding carboxylic acids is 1. The molecule has 1 unspecified atom stereocenters. The van der Waals surface area contributed by atoms with E-state index >= 15 is 0 Å². The smallest absolute Gasteiger partial charge is 0.416 e. The lowest BCUT2D eigenvalue weighted by molar-refractivity contribution is -0.137. The summed E-state index contributed by atoms with van der Waals surface area (Å²) in [6.07, 6.45) is -0.107. The van der Waals surface area contributed by atoms with E-state index in [1.165, 1.54) is 19.4 Å². The van der Waals surface area contributed by atoms with Gasteiger partial charge in [-0.2, -0.15) is 18.4 Å². The zero-order valence-electron chi connectivity index (χ0n) is 26.2. The van der Waals surface area contributed by atoms with Gasteiger partial charge in [-0.25, -0.2) is 9.97 Å². The maximum atomic E-state index is 14.1. The van der Waals surface area contributed by atoms with Gasteiger partial charge in [0.25, 0.3) is 0 Å². The highest BCUT2D eigenvalue weighted by Gasteiger charge is 2.36. The van der Waals surface area contributed by atoms with Gasteiger partial charge in [0.15, 0.2) is 5.11 Å². The first-order valence-electron chi connectivity index (χ1n) is 14.9. The zero-order chi connectivity index (χ0) is 34.1. The number of thiocarbonyl (C=S) groups is 1. The van der Waals surface area contributed by atoms with E-state index in [0.29, 0.717) is 41.4 Å². The number of ketones is 1. The topological polar surface area (TPSA) is 122 Å². The lowest BCUT2D eigenvalue weighted by atomic mass is 9.83. The van der Waals surface area contributed by atoms with E-state index in [4.69, 9.17) is 28.0 Å². The summed E-state index contributed by atoms with van der Waals surface area (Å²) in [4.78, 5) is 24.1. The number of carbonyl (C=O) groups is 1. The number of benzene rings is 2. The van der Waals surface area contributed by atoms with Crippen LogP contribution in [0.4, 0.5) is 18.9 Å². The van der Waals surface area contributed by atoms with Gasteiger partial charge in [-0.05, 0) is 59.6 Å². The molecule has 246 valence electrons. The highest BCUT2D eigenvalue weighted by molar-refractivity contribution is 7.80. The van der Waals surface area contributed by atoms with E-state index in [-0.39, 0.29) is 29.8 Å². The van der Waals surface area contributed by atoms with E-state index in [1.807, 2.05) is 30.5 Å². The molecule has 0 aliphatic heterocycles. The van der Waals surface area contributed by atoms with E-state index in [0.717, 1.165) is 17.7 Å². The predicted molar refractivity (Wildman–Crippen MR) is 176 cm³/mol. The average Bonchev–Trinajstić information content (AvgIpc) is 3.49. The van der Waals surface area contributed by atoms with Crippen LogP contribution in [0.25, 0.3) is 0 Å². The van der Waals surface area contributed by atoms with Crippen molar-refractivity contribution in [3.63, 3.8) is 0 Å². The van der Waals surface area contributed by atoms with Crippen LogP contribution in [0.5, 0.6) is 5.88 Å². The number of anilines is 1. The van der Waals surface area contributed by atoms with Crippen molar-refractivity contribution in [2.45, 2.75) is 52.1 Å². The van der Waals surface area contributed by atoms with Crippen LogP contribution in [0.3, 0.4) is 0 Å². The lowest BCUT2D eigenvalue weighted by Crippen LogP contribution is -2.55. The maximum absolute atomic E-state index is 14.1. The number of ether oxygens (including phenoxy) is 1. The van der Waals surface area contributed by atoms with Crippen LogP contribution in [0.1, 0.15) is 48.2 Å². The van der Waals surface area contributed by atoms with E-state index < -0.39 is 23.8 Å². The Hall–Kier alpha value is -4.80. The van der Waals surface area contributed by atoms with Gasteiger partial charge in [0.2, 0.25) is 5.88 Å². The molecule has 0 bridgehead atoms. The Kier molecular flexibility index (Phi) is 11.7. The Morgan fingerprint density at radius 1 is 1.15 bits per heavy atom. The summed E-state index contributed by atoms with van der Waals surface area (Å²) >= 11 is 5.76. The number of Topliss-reactive ketones (excluding diaryl/α,β-unsaturated/α-hetero) is 1. The Balaban J connectivity index is 1.63. The minimum Gasteiger partial charge on any atom is -0.481 e. The number of imidazole rings is 1. The highest BCUT2D eigenvalue weighted by atomic mass is 32.1. The molecular formula is C34H36F3N7O2S. The SMILES string of the molecule is CC[C@H](C)[C@H](C(=O)Cc1cncn1Cc1ccc(C#N)cc1)C(N)N(Cc1cccc(C(F)(F)F)c1)C(=S)Nc1ccc(OC)nc1. The number of hydrogen-bond acceptors (Lipinski definition) is 7. The zero-order valence-corrected chi connectivity index (χ0v) is 27.1. The molecule has 2 aromatic heterocycles. The Morgan fingerprint density at radius 2 is 1.89 bits per heavy atom. The molecule has 0 fully saturated rings. The van der Waals surface area contributed by atoms with Crippen molar-refractivity contribution >= 4 is 28.8 Å². The van der Waals surface area contributed by atoms with Crippen LogP contribution in [0.15, 0.2) is 79.4 Å². The molecule has 9 nitrogen and oxygen atoms in total. The number of nitrogens with zero attached hydrogens (tertiary/aromatic N) is 5. The molecule has 0 saturated heterocycles. The molecule has 3 atom stereocenters. The molecule has 2 heterocycles. The third-order valence-electron chi connectivity index (χ3n) is 8.01. The number of nitrogens with one attached hydrogen (secondary N) is 1. The summed E-state index contributed by atoms with van der Waals surface area (Å²) in [7, 11) is 1.49. The minimum absolute atomic E-state index is 0.0268. The fourth-order valence-electron chi connectivity index (χ4n) is 5.23. The summed E-state index contributed by atoms with van der Waals surface area (Å²) in [6, 6.07) is 17.5. The Bertz CT molecular complexity index is 1700. The molecule has 13 heteroatoms. The van der Waals surface area contributed by atoms with Crippen molar-refractivity contribution in [3.05, 3.63) is 107 Å². The fourth-order valence-corrected chi connectivity index (χ4v) is 5.54. The summed E-state index contributed by atoms with van der Waals surface area (Å²) < 4.78 is 47.7. The van der Waals surface area contributed by atoms with Crippen molar-refractivity contribution in [1.29, 1.82) is 5.26 Å². The summed E-state index contributed by atoms with van der Waals surface area (Å²) in [5, 5.41) is 12.3. The third kappa shape index (κ3) is 9.15. The van der Waals surface area contributed by atoms with Crippen LogP contribution >= 0.6 is 12.2 Å². The van der Waals surface area contributed by atoms with Crippen LogP contribution in [0.2, 0.25) is 0 Å².